The molecule has 3 N–H and O–H groups in total. The topological polar surface area (TPSA) is 71.8 Å². The van der Waals surface area contributed by atoms with Gasteiger partial charge in [0.1, 0.15) is 0 Å². The van der Waals surface area contributed by atoms with E-state index in [1.54, 1.807) is 0 Å². The molecule has 0 saturated heterocycles. The summed E-state index contributed by atoms with van der Waals surface area (Å²) in [6.45, 7) is 0.329. The molecule has 1 heterocycles. The fourth-order valence-electron chi connectivity index (χ4n) is 5.37. The van der Waals surface area contributed by atoms with Gasteiger partial charge in [-0.15, -0.1) is 0 Å². The Morgan fingerprint density at radius 1 is 1.16 bits per heavy atom. The molecule has 102 valence electrons. The van der Waals surface area contributed by atoms with E-state index in [0.29, 0.717) is 12.5 Å². The van der Waals surface area contributed by atoms with Crippen molar-refractivity contribution in [2.75, 3.05) is 0 Å². The number of aromatic amines is 1. The van der Waals surface area contributed by atoms with Gasteiger partial charge in [0.05, 0.1) is 6.20 Å². The first-order valence-electron chi connectivity index (χ1n) is 7.52. The summed E-state index contributed by atoms with van der Waals surface area (Å²) in [6.07, 6.45) is 8.75. The lowest BCUT2D eigenvalue weighted by Crippen LogP contribution is -2.44. The van der Waals surface area contributed by atoms with Crippen LogP contribution in [0.15, 0.2) is 11.0 Å². The summed E-state index contributed by atoms with van der Waals surface area (Å²) in [7, 11) is 0. The Kier molecular flexibility index (Phi) is 2.56. The Labute approximate surface area is 112 Å². The SMILES string of the molecule is NCc1c(C2C3CC4CC(C3)CC2C4)cn[nH]c1=O. The van der Waals surface area contributed by atoms with Crippen LogP contribution in [0.2, 0.25) is 0 Å². The standard InChI is InChI=1S/C15H21N3O/c16-6-12-13(7-17-18-15(12)19)14-10-2-8-1-9(4-10)5-11(14)3-8/h7-11,14H,1-6,16H2,(H,18,19). The molecule has 0 radical (unpaired) electrons. The lowest BCUT2D eigenvalue weighted by Gasteiger charge is -2.54. The Hall–Kier alpha value is -1.16. The van der Waals surface area contributed by atoms with Crippen LogP contribution in [0.1, 0.15) is 49.1 Å². The van der Waals surface area contributed by atoms with Crippen LogP contribution in [0.25, 0.3) is 0 Å². The zero-order chi connectivity index (χ0) is 13.0. The van der Waals surface area contributed by atoms with Crippen molar-refractivity contribution < 1.29 is 0 Å². The molecule has 4 heteroatoms. The molecule has 4 bridgehead atoms. The molecule has 0 atom stereocenters. The van der Waals surface area contributed by atoms with Crippen molar-refractivity contribution in [1.82, 2.24) is 10.2 Å². The summed E-state index contributed by atoms with van der Waals surface area (Å²) < 4.78 is 0. The highest BCUT2D eigenvalue weighted by atomic mass is 16.1. The van der Waals surface area contributed by atoms with Crippen molar-refractivity contribution in [2.24, 2.45) is 29.4 Å². The third-order valence-electron chi connectivity index (χ3n) is 5.78. The lowest BCUT2D eigenvalue weighted by atomic mass is 9.50. The van der Waals surface area contributed by atoms with Gasteiger partial charge in [-0.05, 0) is 67.3 Å². The first-order chi connectivity index (χ1) is 9.26. The summed E-state index contributed by atoms with van der Waals surface area (Å²) in [5, 5.41) is 6.56. The average molecular weight is 259 g/mol. The van der Waals surface area contributed by atoms with Gasteiger partial charge in [-0.1, -0.05) is 0 Å². The fraction of sp³-hybridized carbons (Fsp3) is 0.733. The van der Waals surface area contributed by atoms with E-state index < -0.39 is 0 Å². The molecule has 19 heavy (non-hydrogen) atoms. The van der Waals surface area contributed by atoms with Crippen molar-refractivity contribution >= 4 is 0 Å². The van der Waals surface area contributed by atoms with Crippen LogP contribution < -0.4 is 11.3 Å². The molecule has 1 aromatic heterocycles. The van der Waals surface area contributed by atoms with Gasteiger partial charge in [0.15, 0.2) is 0 Å². The molecule has 0 unspecified atom stereocenters. The van der Waals surface area contributed by atoms with Gasteiger partial charge in [0.2, 0.25) is 0 Å². The maximum atomic E-state index is 11.9. The van der Waals surface area contributed by atoms with E-state index >= 15 is 0 Å². The maximum absolute atomic E-state index is 11.9. The molecule has 0 aliphatic heterocycles. The summed E-state index contributed by atoms with van der Waals surface area (Å²) in [6, 6.07) is 0. The number of hydrogen-bond acceptors (Lipinski definition) is 3. The van der Waals surface area contributed by atoms with E-state index in [1.807, 2.05) is 6.20 Å². The van der Waals surface area contributed by atoms with Crippen LogP contribution in [0.5, 0.6) is 0 Å². The zero-order valence-electron chi connectivity index (χ0n) is 11.1. The molecule has 4 aliphatic rings. The van der Waals surface area contributed by atoms with Crippen LogP contribution in [0.4, 0.5) is 0 Å². The number of nitrogens with zero attached hydrogens (tertiary/aromatic N) is 1. The largest absolute Gasteiger partial charge is 0.326 e. The van der Waals surface area contributed by atoms with Crippen molar-refractivity contribution in [3.8, 4) is 0 Å². The van der Waals surface area contributed by atoms with E-state index in [0.717, 1.165) is 34.8 Å². The molecule has 0 amide bonds. The molecular formula is C15H21N3O. The molecule has 4 nitrogen and oxygen atoms in total. The number of aromatic nitrogens is 2. The van der Waals surface area contributed by atoms with E-state index in [9.17, 15) is 4.79 Å². The highest BCUT2D eigenvalue weighted by Gasteiger charge is 2.49. The number of nitrogens with one attached hydrogen (secondary N) is 1. The van der Waals surface area contributed by atoms with Crippen molar-refractivity contribution in [2.45, 2.75) is 44.6 Å². The van der Waals surface area contributed by atoms with Gasteiger partial charge in [0.25, 0.3) is 5.56 Å². The first-order valence-corrected chi connectivity index (χ1v) is 7.52. The molecule has 4 saturated carbocycles. The van der Waals surface area contributed by atoms with Crippen LogP contribution in [-0.2, 0) is 6.54 Å². The molecular weight excluding hydrogens is 238 g/mol. The molecule has 4 fully saturated rings. The molecule has 5 rings (SSSR count). The summed E-state index contributed by atoms with van der Waals surface area (Å²) >= 11 is 0. The predicted octanol–water partition coefficient (Wildman–Crippen LogP) is 1.77. The third kappa shape index (κ3) is 1.69. The highest BCUT2D eigenvalue weighted by Crippen LogP contribution is 2.59. The second-order valence-corrected chi connectivity index (χ2v) is 6.79. The summed E-state index contributed by atoms with van der Waals surface area (Å²) in [4.78, 5) is 11.9. The van der Waals surface area contributed by atoms with Crippen molar-refractivity contribution in [1.29, 1.82) is 0 Å². The van der Waals surface area contributed by atoms with Gasteiger partial charge in [-0.3, -0.25) is 4.79 Å². The zero-order valence-corrected chi connectivity index (χ0v) is 11.1. The molecule has 4 aliphatic carbocycles. The Bertz CT molecular complexity index is 523. The van der Waals surface area contributed by atoms with Gasteiger partial charge in [0, 0.05) is 12.1 Å². The van der Waals surface area contributed by atoms with E-state index in [1.165, 1.54) is 32.1 Å². The minimum atomic E-state index is -0.0891. The van der Waals surface area contributed by atoms with Gasteiger partial charge in [-0.2, -0.15) is 5.10 Å². The second kappa shape index (κ2) is 4.17. The lowest BCUT2D eigenvalue weighted by molar-refractivity contribution is -0.00324. The van der Waals surface area contributed by atoms with E-state index in [-0.39, 0.29) is 5.56 Å². The quantitative estimate of drug-likeness (QED) is 0.850. The van der Waals surface area contributed by atoms with Gasteiger partial charge in [-0.25, -0.2) is 5.10 Å². The van der Waals surface area contributed by atoms with Crippen molar-refractivity contribution in [3.63, 3.8) is 0 Å². The minimum absolute atomic E-state index is 0.0891. The summed E-state index contributed by atoms with van der Waals surface area (Å²) in [5.41, 5.74) is 7.63. The van der Waals surface area contributed by atoms with Gasteiger partial charge < -0.3 is 5.73 Å². The van der Waals surface area contributed by atoms with E-state index in [2.05, 4.69) is 10.2 Å². The normalized spacial score (nSPS) is 39.7. The van der Waals surface area contributed by atoms with Crippen LogP contribution in [-0.4, -0.2) is 10.2 Å². The van der Waals surface area contributed by atoms with Gasteiger partial charge >= 0.3 is 0 Å². The maximum Gasteiger partial charge on any atom is 0.268 e. The van der Waals surface area contributed by atoms with Crippen LogP contribution >= 0.6 is 0 Å². The van der Waals surface area contributed by atoms with Crippen molar-refractivity contribution in [3.05, 3.63) is 27.7 Å². The number of hydrogen-bond donors (Lipinski definition) is 2. The Morgan fingerprint density at radius 3 is 2.37 bits per heavy atom. The number of nitrogens with two attached hydrogens (primary N) is 1. The first kappa shape index (κ1) is 11.6. The average Bonchev–Trinajstić information content (AvgIpc) is 2.37. The highest BCUT2D eigenvalue weighted by molar-refractivity contribution is 5.28. The fourth-order valence-corrected chi connectivity index (χ4v) is 5.37. The summed E-state index contributed by atoms with van der Waals surface area (Å²) in [5.74, 6) is 3.99. The minimum Gasteiger partial charge on any atom is -0.326 e. The smallest absolute Gasteiger partial charge is 0.268 e. The molecule has 0 spiro atoms. The number of rotatable bonds is 2. The second-order valence-electron chi connectivity index (χ2n) is 6.79. The van der Waals surface area contributed by atoms with E-state index in [4.69, 9.17) is 5.73 Å². The third-order valence-corrected chi connectivity index (χ3v) is 5.78. The number of H-pyrrole nitrogens is 1. The van der Waals surface area contributed by atoms with Crippen LogP contribution in [0, 0.1) is 23.7 Å². The Morgan fingerprint density at radius 2 is 1.79 bits per heavy atom. The van der Waals surface area contributed by atoms with Crippen LogP contribution in [0.3, 0.4) is 0 Å². The molecule has 0 aromatic carbocycles. The Balaban J connectivity index is 1.77. The predicted molar refractivity (Wildman–Crippen MR) is 72.5 cm³/mol. The monoisotopic (exact) mass is 259 g/mol. The molecule has 1 aromatic rings.